The topological polar surface area (TPSA) is 78.3 Å². The van der Waals surface area contributed by atoms with Crippen molar-refractivity contribution in [1.82, 2.24) is 24.9 Å². The van der Waals surface area contributed by atoms with Gasteiger partial charge in [-0.1, -0.05) is 28.9 Å². The Morgan fingerprint density at radius 1 is 1.13 bits per heavy atom. The van der Waals surface area contributed by atoms with Crippen molar-refractivity contribution in [2.24, 2.45) is 0 Å². The Hall–Kier alpha value is -2.52. The van der Waals surface area contributed by atoms with Crippen LogP contribution in [0.2, 0.25) is 5.02 Å². The molecule has 4 heterocycles. The van der Waals surface area contributed by atoms with Gasteiger partial charge in [0.15, 0.2) is 5.76 Å². The summed E-state index contributed by atoms with van der Waals surface area (Å²) in [5, 5.41) is 7.26. The van der Waals surface area contributed by atoms with Crippen LogP contribution < -0.4 is 5.56 Å². The molecule has 0 saturated carbocycles. The van der Waals surface area contributed by atoms with Gasteiger partial charge in [0.05, 0.1) is 24.2 Å². The minimum Gasteiger partial charge on any atom is -0.360 e. The normalized spacial score (nSPS) is 15.7. The van der Waals surface area contributed by atoms with Gasteiger partial charge in [0.2, 0.25) is 0 Å². The summed E-state index contributed by atoms with van der Waals surface area (Å²) >= 11 is 7.49. The van der Waals surface area contributed by atoms with Gasteiger partial charge < -0.3 is 9.51 Å². The van der Waals surface area contributed by atoms with Crippen molar-refractivity contribution < 1.29 is 4.52 Å². The number of hydrogen-bond donors (Lipinski definition) is 1. The maximum absolute atomic E-state index is 12.9. The minimum absolute atomic E-state index is 0.0921. The maximum atomic E-state index is 12.9. The molecule has 1 aromatic carbocycles. The molecule has 9 heteroatoms. The number of H-pyrrole nitrogens is 1. The summed E-state index contributed by atoms with van der Waals surface area (Å²) in [5.41, 5.74) is 2.68. The van der Waals surface area contributed by atoms with Crippen LogP contribution in [0.15, 0.2) is 45.0 Å². The summed E-state index contributed by atoms with van der Waals surface area (Å²) in [6.07, 6.45) is 0. The Balaban J connectivity index is 1.27. The second kappa shape index (κ2) is 8.55. The van der Waals surface area contributed by atoms with E-state index in [2.05, 4.69) is 19.9 Å². The lowest BCUT2D eigenvalue weighted by Crippen LogP contribution is -2.45. The quantitative estimate of drug-likeness (QED) is 0.491. The van der Waals surface area contributed by atoms with E-state index in [1.807, 2.05) is 42.6 Å². The lowest BCUT2D eigenvalue weighted by Gasteiger charge is -2.33. The van der Waals surface area contributed by atoms with Crippen molar-refractivity contribution in [1.29, 1.82) is 0 Å². The third-order valence-electron chi connectivity index (χ3n) is 5.54. The fourth-order valence-corrected chi connectivity index (χ4v) is 5.03. The summed E-state index contributed by atoms with van der Waals surface area (Å²) in [6.45, 7) is 7.04. The molecule has 5 rings (SSSR count). The second-order valence-electron chi connectivity index (χ2n) is 7.84. The SMILES string of the molecule is Cc1cc(CN2CCN(Cc3nc4scc(-c5ccc(Cl)cc5)c4c(=O)[nH]3)CC2)on1. The number of aryl methyl sites for hydroxylation is 1. The third kappa shape index (κ3) is 4.43. The van der Waals surface area contributed by atoms with E-state index >= 15 is 0 Å². The first-order valence-corrected chi connectivity index (χ1v) is 11.4. The van der Waals surface area contributed by atoms with E-state index in [0.717, 1.165) is 60.1 Å². The Bertz CT molecular complexity index is 1260. The van der Waals surface area contributed by atoms with Gasteiger partial charge in [0.1, 0.15) is 10.7 Å². The van der Waals surface area contributed by atoms with Crippen molar-refractivity contribution >= 4 is 33.2 Å². The fourth-order valence-electron chi connectivity index (χ4n) is 3.94. The lowest BCUT2D eigenvalue weighted by molar-refractivity contribution is 0.112. The zero-order chi connectivity index (χ0) is 21.4. The van der Waals surface area contributed by atoms with Crippen LogP contribution in [0.3, 0.4) is 0 Å². The molecule has 0 atom stereocenters. The maximum Gasteiger partial charge on any atom is 0.260 e. The monoisotopic (exact) mass is 455 g/mol. The summed E-state index contributed by atoms with van der Waals surface area (Å²) in [5.74, 6) is 1.61. The predicted octanol–water partition coefficient (Wildman–Crippen LogP) is 3.92. The average molecular weight is 456 g/mol. The number of halogens is 1. The molecule has 0 aliphatic carbocycles. The summed E-state index contributed by atoms with van der Waals surface area (Å²) < 4.78 is 5.32. The van der Waals surface area contributed by atoms with Gasteiger partial charge in [-0.25, -0.2) is 4.98 Å². The molecule has 0 spiro atoms. The molecule has 1 saturated heterocycles. The van der Waals surface area contributed by atoms with Crippen molar-refractivity contribution in [3.63, 3.8) is 0 Å². The van der Waals surface area contributed by atoms with Gasteiger partial charge in [-0.3, -0.25) is 14.6 Å². The highest BCUT2D eigenvalue weighted by atomic mass is 35.5. The first-order valence-electron chi connectivity index (χ1n) is 10.2. The average Bonchev–Trinajstić information content (AvgIpc) is 3.36. The highest BCUT2D eigenvalue weighted by molar-refractivity contribution is 7.17. The van der Waals surface area contributed by atoms with Gasteiger partial charge in [-0.05, 0) is 24.6 Å². The lowest BCUT2D eigenvalue weighted by atomic mass is 10.1. The summed E-state index contributed by atoms with van der Waals surface area (Å²) in [7, 11) is 0. The summed E-state index contributed by atoms with van der Waals surface area (Å²) in [4.78, 5) is 26.0. The van der Waals surface area contributed by atoms with Gasteiger partial charge in [0.25, 0.3) is 5.56 Å². The first kappa shape index (κ1) is 20.4. The van der Waals surface area contributed by atoms with Gasteiger partial charge >= 0.3 is 0 Å². The van der Waals surface area contributed by atoms with E-state index in [1.165, 1.54) is 11.3 Å². The number of hydrogen-bond acceptors (Lipinski definition) is 7. The minimum atomic E-state index is -0.0921. The highest BCUT2D eigenvalue weighted by Crippen LogP contribution is 2.31. The molecule has 1 aliphatic rings. The zero-order valence-corrected chi connectivity index (χ0v) is 18.7. The number of nitrogens with one attached hydrogen (secondary N) is 1. The molecule has 1 N–H and O–H groups in total. The van der Waals surface area contributed by atoms with Crippen molar-refractivity contribution in [2.75, 3.05) is 26.2 Å². The van der Waals surface area contributed by atoms with Crippen LogP contribution in [0.4, 0.5) is 0 Å². The smallest absolute Gasteiger partial charge is 0.260 e. The molecule has 4 aromatic rings. The molecule has 0 bridgehead atoms. The van der Waals surface area contributed by atoms with Crippen LogP contribution in [0.5, 0.6) is 0 Å². The van der Waals surface area contributed by atoms with E-state index in [4.69, 9.17) is 21.1 Å². The molecule has 160 valence electrons. The van der Waals surface area contributed by atoms with Gasteiger partial charge in [0, 0.05) is 48.2 Å². The summed E-state index contributed by atoms with van der Waals surface area (Å²) in [6, 6.07) is 9.50. The molecule has 0 amide bonds. The molecule has 1 fully saturated rings. The number of piperazine rings is 1. The van der Waals surface area contributed by atoms with Crippen molar-refractivity contribution in [2.45, 2.75) is 20.0 Å². The van der Waals surface area contributed by atoms with E-state index < -0.39 is 0 Å². The van der Waals surface area contributed by atoms with Crippen LogP contribution >= 0.6 is 22.9 Å². The van der Waals surface area contributed by atoms with Crippen LogP contribution in [0.25, 0.3) is 21.3 Å². The molecule has 1 aliphatic heterocycles. The van der Waals surface area contributed by atoms with Gasteiger partial charge in [-0.15, -0.1) is 11.3 Å². The van der Waals surface area contributed by atoms with E-state index in [-0.39, 0.29) is 5.56 Å². The number of nitrogens with zero attached hydrogens (tertiary/aromatic N) is 4. The Kier molecular flexibility index (Phi) is 5.62. The number of fused-ring (bicyclic) bond motifs is 1. The number of aromatic amines is 1. The molecule has 31 heavy (non-hydrogen) atoms. The largest absolute Gasteiger partial charge is 0.360 e. The van der Waals surface area contributed by atoms with E-state index in [0.29, 0.717) is 22.8 Å². The van der Waals surface area contributed by atoms with Gasteiger partial charge in [-0.2, -0.15) is 0 Å². The Morgan fingerprint density at radius 3 is 2.52 bits per heavy atom. The number of rotatable bonds is 5. The Morgan fingerprint density at radius 2 is 1.84 bits per heavy atom. The van der Waals surface area contributed by atoms with Crippen molar-refractivity contribution in [3.05, 3.63) is 68.4 Å². The van der Waals surface area contributed by atoms with E-state index in [1.54, 1.807) is 0 Å². The molecule has 0 unspecified atom stereocenters. The second-order valence-corrected chi connectivity index (χ2v) is 9.13. The standard InChI is InChI=1S/C22H22ClN5O2S/c1-14-10-17(30-26-14)11-27-6-8-28(9-7-27)12-19-24-21(29)20-18(13-31-22(20)25-19)15-2-4-16(23)5-3-15/h2-5,10,13H,6-9,11-12H2,1H3,(H,24,25,29). The zero-order valence-electron chi connectivity index (χ0n) is 17.1. The highest BCUT2D eigenvalue weighted by Gasteiger charge is 2.20. The number of thiophene rings is 1. The van der Waals surface area contributed by atoms with Crippen LogP contribution in [-0.2, 0) is 13.1 Å². The van der Waals surface area contributed by atoms with Crippen molar-refractivity contribution in [3.8, 4) is 11.1 Å². The molecular weight excluding hydrogens is 434 g/mol. The van der Waals surface area contributed by atoms with Crippen LogP contribution in [0.1, 0.15) is 17.3 Å². The Labute approximate surface area is 188 Å². The van der Waals surface area contributed by atoms with Crippen LogP contribution in [0, 0.1) is 6.92 Å². The molecule has 7 nitrogen and oxygen atoms in total. The molecular formula is C22H22ClN5O2S. The first-order chi connectivity index (χ1) is 15.0. The molecule has 3 aromatic heterocycles. The third-order valence-corrected chi connectivity index (χ3v) is 6.67. The van der Waals surface area contributed by atoms with Crippen LogP contribution in [-0.4, -0.2) is 51.1 Å². The fraction of sp³-hybridized carbons (Fsp3) is 0.318. The number of benzene rings is 1. The number of aromatic nitrogens is 3. The van der Waals surface area contributed by atoms with E-state index in [9.17, 15) is 4.79 Å². The predicted molar refractivity (Wildman–Crippen MR) is 122 cm³/mol. The molecule has 0 radical (unpaired) electrons.